The van der Waals surface area contributed by atoms with E-state index in [0.29, 0.717) is 6.10 Å². The fourth-order valence-corrected chi connectivity index (χ4v) is 3.06. The number of nitrogens with zero attached hydrogens (tertiary/aromatic N) is 1. The second kappa shape index (κ2) is 8.02. The van der Waals surface area contributed by atoms with Gasteiger partial charge in [0.25, 0.3) is 0 Å². The van der Waals surface area contributed by atoms with Crippen LogP contribution in [0.25, 0.3) is 10.9 Å². The minimum Gasteiger partial charge on any atom is -0.376 e. The number of nitrogens with one attached hydrogen (secondary N) is 3. The molecule has 124 valence electrons. The second-order valence-corrected chi connectivity index (χ2v) is 5.98. The van der Waals surface area contributed by atoms with Crippen molar-refractivity contribution in [3.05, 3.63) is 36.0 Å². The van der Waals surface area contributed by atoms with Gasteiger partial charge in [-0.3, -0.25) is 4.99 Å². The third-order valence-corrected chi connectivity index (χ3v) is 4.34. The van der Waals surface area contributed by atoms with E-state index in [4.69, 9.17) is 4.74 Å². The standard InChI is InChI=1S/C18H26N4O/c1-19-18(22-13-15-7-5-11-23-15)20-10-4-6-14-12-21-17-9-3-2-8-16(14)17/h2-3,8-9,12,15,21H,4-7,10-11,13H2,1H3,(H2,19,20,22). The maximum absolute atomic E-state index is 5.61. The van der Waals surface area contributed by atoms with E-state index in [0.717, 1.165) is 44.9 Å². The van der Waals surface area contributed by atoms with Gasteiger partial charge in [0.05, 0.1) is 6.10 Å². The van der Waals surface area contributed by atoms with Gasteiger partial charge in [0.2, 0.25) is 0 Å². The maximum Gasteiger partial charge on any atom is 0.191 e. The molecule has 1 aliphatic rings. The Hall–Kier alpha value is -2.01. The van der Waals surface area contributed by atoms with Crippen LogP contribution in [0.4, 0.5) is 0 Å². The second-order valence-electron chi connectivity index (χ2n) is 5.98. The number of H-pyrrole nitrogens is 1. The first-order chi connectivity index (χ1) is 11.4. The molecule has 1 aliphatic heterocycles. The van der Waals surface area contributed by atoms with Crippen molar-refractivity contribution in [1.82, 2.24) is 15.6 Å². The summed E-state index contributed by atoms with van der Waals surface area (Å²) in [6, 6.07) is 8.45. The normalized spacial score (nSPS) is 18.5. The maximum atomic E-state index is 5.61. The van der Waals surface area contributed by atoms with E-state index in [1.807, 2.05) is 7.05 Å². The van der Waals surface area contributed by atoms with Crippen LogP contribution in [0.15, 0.2) is 35.5 Å². The summed E-state index contributed by atoms with van der Waals surface area (Å²) >= 11 is 0. The van der Waals surface area contributed by atoms with Gasteiger partial charge in [-0.2, -0.15) is 0 Å². The van der Waals surface area contributed by atoms with Crippen LogP contribution in [0.5, 0.6) is 0 Å². The predicted octanol–water partition coefficient (Wildman–Crippen LogP) is 2.44. The number of aromatic amines is 1. The predicted molar refractivity (Wildman–Crippen MR) is 95.0 cm³/mol. The van der Waals surface area contributed by atoms with E-state index >= 15 is 0 Å². The van der Waals surface area contributed by atoms with E-state index in [1.54, 1.807) is 0 Å². The Labute approximate surface area is 137 Å². The molecule has 0 radical (unpaired) electrons. The fraction of sp³-hybridized carbons (Fsp3) is 0.500. The van der Waals surface area contributed by atoms with Crippen LogP contribution >= 0.6 is 0 Å². The number of hydrogen-bond acceptors (Lipinski definition) is 2. The quantitative estimate of drug-likeness (QED) is 0.436. The molecule has 0 amide bonds. The first-order valence-electron chi connectivity index (χ1n) is 8.48. The van der Waals surface area contributed by atoms with Gasteiger partial charge in [-0.25, -0.2) is 0 Å². The van der Waals surface area contributed by atoms with Crippen molar-refractivity contribution in [1.29, 1.82) is 0 Å². The molecule has 3 rings (SSSR count). The molecule has 1 atom stereocenters. The number of ether oxygens (including phenoxy) is 1. The SMILES string of the molecule is CN=C(NCCCc1c[nH]c2ccccc12)NCC1CCCO1. The van der Waals surface area contributed by atoms with Crippen LogP contribution in [0, 0.1) is 0 Å². The lowest BCUT2D eigenvalue weighted by Gasteiger charge is -2.14. The van der Waals surface area contributed by atoms with Crippen molar-refractivity contribution in [2.24, 2.45) is 4.99 Å². The Balaban J connectivity index is 1.39. The zero-order valence-corrected chi connectivity index (χ0v) is 13.8. The molecule has 0 aliphatic carbocycles. The van der Waals surface area contributed by atoms with E-state index in [-0.39, 0.29) is 0 Å². The molecule has 0 spiro atoms. The van der Waals surface area contributed by atoms with Crippen molar-refractivity contribution >= 4 is 16.9 Å². The highest BCUT2D eigenvalue weighted by Crippen LogP contribution is 2.18. The summed E-state index contributed by atoms with van der Waals surface area (Å²) < 4.78 is 5.61. The van der Waals surface area contributed by atoms with E-state index < -0.39 is 0 Å². The van der Waals surface area contributed by atoms with Crippen LogP contribution in [-0.4, -0.2) is 43.8 Å². The summed E-state index contributed by atoms with van der Waals surface area (Å²) in [6.45, 7) is 2.63. The zero-order chi connectivity index (χ0) is 15.9. The molecule has 0 bridgehead atoms. The molecular formula is C18H26N4O. The van der Waals surface area contributed by atoms with Crippen LogP contribution in [-0.2, 0) is 11.2 Å². The van der Waals surface area contributed by atoms with Crippen molar-refractivity contribution in [2.45, 2.75) is 31.8 Å². The average molecular weight is 314 g/mol. The number of guanidine groups is 1. The van der Waals surface area contributed by atoms with Gasteiger partial charge in [0, 0.05) is 43.8 Å². The van der Waals surface area contributed by atoms with Crippen molar-refractivity contribution in [3.8, 4) is 0 Å². The summed E-state index contributed by atoms with van der Waals surface area (Å²) in [7, 11) is 1.81. The molecule has 3 N–H and O–H groups in total. The molecule has 2 aromatic rings. The van der Waals surface area contributed by atoms with Gasteiger partial charge in [-0.05, 0) is 37.3 Å². The van der Waals surface area contributed by atoms with Gasteiger partial charge >= 0.3 is 0 Å². The summed E-state index contributed by atoms with van der Waals surface area (Å²) in [5.41, 5.74) is 2.59. The van der Waals surface area contributed by atoms with Crippen LogP contribution in [0.1, 0.15) is 24.8 Å². The first-order valence-corrected chi connectivity index (χ1v) is 8.48. The number of benzene rings is 1. The number of rotatable bonds is 6. The minimum atomic E-state index is 0.333. The summed E-state index contributed by atoms with van der Waals surface area (Å²) in [5, 5.41) is 8.05. The van der Waals surface area contributed by atoms with Crippen molar-refractivity contribution in [2.75, 3.05) is 26.7 Å². The lowest BCUT2D eigenvalue weighted by Crippen LogP contribution is -2.41. The molecule has 0 saturated carbocycles. The van der Waals surface area contributed by atoms with Crippen LogP contribution in [0.2, 0.25) is 0 Å². The number of fused-ring (bicyclic) bond motifs is 1. The Morgan fingerprint density at radius 2 is 2.26 bits per heavy atom. The highest BCUT2D eigenvalue weighted by Gasteiger charge is 2.15. The largest absolute Gasteiger partial charge is 0.376 e. The summed E-state index contributed by atoms with van der Waals surface area (Å²) in [5.74, 6) is 0.861. The third kappa shape index (κ3) is 4.26. The lowest BCUT2D eigenvalue weighted by atomic mass is 10.1. The van der Waals surface area contributed by atoms with Gasteiger partial charge in [-0.15, -0.1) is 0 Å². The van der Waals surface area contributed by atoms with E-state index in [9.17, 15) is 0 Å². The van der Waals surface area contributed by atoms with Crippen molar-refractivity contribution < 1.29 is 4.74 Å². The van der Waals surface area contributed by atoms with Crippen LogP contribution in [0.3, 0.4) is 0 Å². The summed E-state index contributed by atoms with van der Waals surface area (Å²) in [6.07, 6.45) is 6.89. The smallest absolute Gasteiger partial charge is 0.191 e. The lowest BCUT2D eigenvalue weighted by molar-refractivity contribution is 0.114. The Morgan fingerprint density at radius 1 is 1.35 bits per heavy atom. The molecule has 1 fully saturated rings. The number of aliphatic imine (C=N–C) groups is 1. The average Bonchev–Trinajstić information content (AvgIpc) is 3.24. The monoisotopic (exact) mass is 314 g/mol. The molecule has 1 aromatic heterocycles. The molecule has 5 nitrogen and oxygen atoms in total. The highest BCUT2D eigenvalue weighted by molar-refractivity contribution is 5.83. The minimum absolute atomic E-state index is 0.333. The Bertz CT molecular complexity index is 643. The fourth-order valence-electron chi connectivity index (χ4n) is 3.06. The molecule has 23 heavy (non-hydrogen) atoms. The number of hydrogen-bond donors (Lipinski definition) is 3. The number of aryl methyl sites for hydroxylation is 1. The van der Waals surface area contributed by atoms with Crippen LogP contribution < -0.4 is 10.6 Å². The van der Waals surface area contributed by atoms with E-state index in [2.05, 4.69) is 51.1 Å². The molecule has 2 heterocycles. The first kappa shape index (κ1) is 15.9. The molecule has 1 aromatic carbocycles. The van der Waals surface area contributed by atoms with Gasteiger partial charge < -0.3 is 20.4 Å². The zero-order valence-electron chi connectivity index (χ0n) is 13.8. The highest BCUT2D eigenvalue weighted by atomic mass is 16.5. The van der Waals surface area contributed by atoms with E-state index in [1.165, 1.54) is 22.9 Å². The van der Waals surface area contributed by atoms with Gasteiger partial charge in [0.15, 0.2) is 5.96 Å². The Kier molecular flexibility index (Phi) is 5.53. The molecule has 5 heteroatoms. The molecule has 1 saturated heterocycles. The number of aromatic nitrogens is 1. The third-order valence-electron chi connectivity index (χ3n) is 4.34. The molecular weight excluding hydrogens is 288 g/mol. The van der Waals surface area contributed by atoms with Gasteiger partial charge in [0.1, 0.15) is 0 Å². The van der Waals surface area contributed by atoms with Crippen molar-refractivity contribution in [3.63, 3.8) is 0 Å². The topological polar surface area (TPSA) is 61.4 Å². The Morgan fingerprint density at radius 3 is 3.09 bits per heavy atom. The number of para-hydroxylation sites is 1. The van der Waals surface area contributed by atoms with Gasteiger partial charge in [-0.1, -0.05) is 18.2 Å². The molecule has 1 unspecified atom stereocenters. The summed E-state index contributed by atoms with van der Waals surface area (Å²) in [4.78, 5) is 7.60.